The number of rotatable bonds is 5. The number of nitrogens with zero attached hydrogens (tertiary/aromatic N) is 2. The van der Waals surface area contributed by atoms with Crippen LogP contribution in [-0.2, 0) is 11.3 Å². The second-order valence-corrected chi connectivity index (χ2v) is 6.44. The molecule has 1 aromatic heterocycles. The van der Waals surface area contributed by atoms with Gasteiger partial charge in [0.05, 0.1) is 30.1 Å². The van der Waals surface area contributed by atoms with Crippen molar-refractivity contribution in [2.24, 2.45) is 0 Å². The number of hydrogen-bond acceptors (Lipinski definition) is 3. The van der Waals surface area contributed by atoms with Crippen molar-refractivity contribution in [1.29, 1.82) is 0 Å². The van der Waals surface area contributed by atoms with Gasteiger partial charge in [-0.3, -0.25) is 4.68 Å². The molecule has 1 heterocycles. The predicted molar refractivity (Wildman–Crippen MR) is 85.0 cm³/mol. The van der Waals surface area contributed by atoms with Crippen LogP contribution in [0.5, 0.6) is 0 Å². The van der Waals surface area contributed by atoms with E-state index in [4.69, 9.17) is 16.3 Å². The highest BCUT2D eigenvalue weighted by molar-refractivity contribution is 9.11. The summed E-state index contributed by atoms with van der Waals surface area (Å²) in [6, 6.07) is 5.60. The number of aromatic nitrogens is 2. The van der Waals surface area contributed by atoms with Crippen molar-refractivity contribution in [3.05, 3.63) is 49.6 Å². The SMILES string of the molecule is COCCn1ncc(Cl)c1C(O)c1cc(Br)cc(Br)c1. The van der Waals surface area contributed by atoms with Crippen molar-refractivity contribution in [2.45, 2.75) is 12.6 Å². The lowest BCUT2D eigenvalue weighted by molar-refractivity contribution is 0.171. The molecule has 20 heavy (non-hydrogen) atoms. The molecule has 1 atom stereocenters. The van der Waals surface area contributed by atoms with Gasteiger partial charge in [-0.25, -0.2) is 0 Å². The van der Waals surface area contributed by atoms with E-state index < -0.39 is 6.10 Å². The molecule has 0 saturated heterocycles. The van der Waals surface area contributed by atoms with Gasteiger partial charge in [0.2, 0.25) is 0 Å². The van der Waals surface area contributed by atoms with Crippen molar-refractivity contribution in [2.75, 3.05) is 13.7 Å². The van der Waals surface area contributed by atoms with Crippen LogP contribution in [0.1, 0.15) is 17.4 Å². The Kier molecular flexibility index (Phi) is 5.63. The molecule has 2 aromatic rings. The number of ether oxygens (including phenoxy) is 1. The first-order valence-electron chi connectivity index (χ1n) is 5.87. The Balaban J connectivity index is 2.36. The fourth-order valence-electron chi connectivity index (χ4n) is 1.89. The Morgan fingerprint density at radius 1 is 1.35 bits per heavy atom. The minimum Gasteiger partial charge on any atom is -0.383 e. The van der Waals surface area contributed by atoms with E-state index in [0.29, 0.717) is 23.9 Å². The average molecular weight is 425 g/mol. The predicted octanol–water partition coefficient (Wildman–Crippen LogP) is 3.79. The van der Waals surface area contributed by atoms with E-state index in [0.717, 1.165) is 14.5 Å². The molecule has 0 bridgehead atoms. The summed E-state index contributed by atoms with van der Waals surface area (Å²) in [7, 11) is 1.62. The van der Waals surface area contributed by atoms with Crippen LogP contribution >= 0.6 is 43.5 Å². The lowest BCUT2D eigenvalue weighted by Crippen LogP contribution is -2.13. The Morgan fingerprint density at radius 3 is 2.60 bits per heavy atom. The summed E-state index contributed by atoms with van der Waals surface area (Å²) in [6.07, 6.45) is 0.679. The summed E-state index contributed by atoms with van der Waals surface area (Å²) in [4.78, 5) is 0. The summed E-state index contributed by atoms with van der Waals surface area (Å²) in [5.41, 5.74) is 1.29. The third-order valence-electron chi connectivity index (χ3n) is 2.80. The largest absolute Gasteiger partial charge is 0.383 e. The van der Waals surface area contributed by atoms with Gasteiger partial charge in [0.15, 0.2) is 0 Å². The molecular formula is C13H13Br2ClN2O2. The van der Waals surface area contributed by atoms with E-state index in [1.807, 2.05) is 18.2 Å². The second kappa shape index (κ2) is 7.04. The van der Waals surface area contributed by atoms with Crippen molar-refractivity contribution in [3.63, 3.8) is 0 Å². The van der Waals surface area contributed by atoms with E-state index in [2.05, 4.69) is 37.0 Å². The Morgan fingerprint density at radius 2 is 2.00 bits per heavy atom. The molecule has 7 heteroatoms. The summed E-state index contributed by atoms with van der Waals surface area (Å²) >= 11 is 13.0. The molecule has 1 unspecified atom stereocenters. The molecule has 0 amide bonds. The molecule has 1 aromatic carbocycles. The molecule has 0 radical (unpaired) electrons. The molecule has 4 nitrogen and oxygen atoms in total. The lowest BCUT2D eigenvalue weighted by Gasteiger charge is -2.15. The molecule has 0 aliphatic rings. The van der Waals surface area contributed by atoms with E-state index in [-0.39, 0.29) is 0 Å². The van der Waals surface area contributed by atoms with Crippen LogP contribution in [0, 0.1) is 0 Å². The molecule has 0 saturated carbocycles. The van der Waals surface area contributed by atoms with Crippen LogP contribution in [0.2, 0.25) is 5.02 Å². The number of benzene rings is 1. The maximum atomic E-state index is 10.6. The van der Waals surface area contributed by atoms with E-state index >= 15 is 0 Å². The maximum absolute atomic E-state index is 10.6. The molecular weight excluding hydrogens is 411 g/mol. The standard InChI is InChI=1S/C13H13Br2ClN2O2/c1-20-3-2-18-12(11(16)7-17-18)13(19)8-4-9(14)6-10(15)5-8/h4-7,13,19H,2-3H2,1H3. The zero-order valence-electron chi connectivity index (χ0n) is 10.7. The number of methoxy groups -OCH3 is 1. The van der Waals surface area contributed by atoms with Gasteiger partial charge in [0.1, 0.15) is 6.10 Å². The van der Waals surface area contributed by atoms with Crippen LogP contribution in [0.15, 0.2) is 33.3 Å². The fraction of sp³-hybridized carbons (Fsp3) is 0.308. The third-order valence-corrected chi connectivity index (χ3v) is 4.01. The van der Waals surface area contributed by atoms with Gasteiger partial charge in [-0.05, 0) is 23.8 Å². The van der Waals surface area contributed by atoms with E-state index in [1.54, 1.807) is 11.8 Å². The molecule has 0 aliphatic carbocycles. The minimum absolute atomic E-state index is 0.435. The lowest BCUT2D eigenvalue weighted by atomic mass is 10.1. The fourth-order valence-corrected chi connectivity index (χ4v) is 3.46. The zero-order chi connectivity index (χ0) is 14.7. The van der Waals surface area contributed by atoms with Gasteiger partial charge in [-0.2, -0.15) is 5.10 Å². The van der Waals surface area contributed by atoms with Crippen LogP contribution in [0.4, 0.5) is 0 Å². The first-order chi connectivity index (χ1) is 9.52. The monoisotopic (exact) mass is 422 g/mol. The topological polar surface area (TPSA) is 47.3 Å². The van der Waals surface area contributed by atoms with Crippen molar-refractivity contribution in [3.8, 4) is 0 Å². The molecule has 0 fully saturated rings. The number of aliphatic hydroxyl groups excluding tert-OH is 1. The third kappa shape index (κ3) is 3.62. The molecule has 0 spiro atoms. The summed E-state index contributed by atoms with van der Waals surface area (Å²) in [5.74, 6) is 0. The van der Waals surface area contributed by atoms with E-state index in [9.17, 15) is 5.11 Å². The van der Waals surface area contributed by atoms with Crippen LogP contribution < -0.4 is 0 Å². The minimum atomic E-state index is -0.851. The maximum Gasteiger partial charge on any atom is 0.122 e. The highest BCUT2D eigenvalue weighted by atomic mass is 79.9. The summed E-state index contributed by atoms with van der Waals surface area (Å²) in [5, 5.41) is 15.2. The highest BCUT2D eigenvalue weighted by Gasteiger charge is 2.20. The van der Waals surface area contributed by atoms with E-state index in [1.165, 1.54) is 6.20 Å². The summed E-state index contributed by atoms with van der Waals surface area (Å²) < 4.78 is 8.44. The van der Waals surface area contributed by atoms with Gasteiger partial charge in [-0.1, -0.05) is 43.5 Å². The van der Waals surface area contributed by atoms with Crippen LogP contribution in [0.3, 0.4) is 0 Å². The first-order valence-corrected chi connectivity index (χ1v) is 7.83. The van der Waals surface area contributed by atoms with Gasteiger partial charge in [0, 0.05) is 16.1 Å². The van der Waals surface area contributed by atoms with Crippen molar-refractivity contribution < 1.29 is 9.84 Å². The quantitative estimate of drug-likeness (QED) is 0.795. The second-order valence-electron chi connectivity index (χ2n) is 4.20. The molecule has 108 valence electrons. The Hall–Kier alpha value is -0.400. The zero-order valence-corrected chi connectivity index (χ0v) is 14.6. The van der Waals surface area contributed by atoms with Crippen molar-refractivity contribution in [1.82, 2.24) is 9.78 Å². The van der Waals surface area contributed by atoms with Gasteiger partial charge < -0.3 is 9.84 Å². The Bertz CT molecular complexity index is 584. The molecule has 1 N–H and O–H groups in total. The highest BCUT2D eigenvalue weighted by Crippen LogP contribution is 2.31. The number of aliphatic hydroxyl groups is 1. The number of hydrogen-bond donors (Lipinski definition) is 1. The number of halogens is 3. The van der Waals surface area contributed by atoms with Gasteiger partial charge in [0.25, 0.3) is 0 Å². The Labute approximate surface area is 139 Å². The molecule has 2 rings (SSSR count). The first kappa shape index (κ1) is 16.0. The smallest absolute Gasteiger partial charge is 0.122 e. The average Bonchev–Trinajstić information content (AvgIpc) is 2.75. The van der Waals surface area contributed by atoms with Gasteiger partial charge in [-0.15, -0.1) is 0 Å². The molecule has 0 aliphatic heterocycles. The normalized spacial score (nSPS) is 12.7. The van der Waals surface area contributed by atoms with Crippen LogP contribution in [-0.4, -0.2) is 28.6 Å². The van der Waals surface area contributed by atoms with Gasteiger partial charge >= 0.3 is 0 Å². The van der Waals surface area contributed by atoms with Crippen LogP contribution in [0.25, 0.3) is 0 Å². The summed E-state index contributed by atoms with van der Waals surface area (Å²) in [6.45, 7) is 1.03. The van der Waals surface area contributed by atoms with Crippen molar-refractivity contribution >= 4 is 43.5 Å².